The van der Waals surface area contributed by atoms with Gasteiger partial charge in [0.05, 0.1) is 0 Å². The predicted octanol–water partition coefficient (Wildman–Crippen LogP) is 7.68. The van der Waals surface area contributed by atoms with Crippen LogP contribution in [-0.2, 0) is 17.1 Å². The molecule has 0 saturated heterocycles. The summed E-state index contributed by atoms with van der Waals surface area (Å²) in [6.07, 6.45) is 0. The van der Waals surface area contributed by atoms with Crippen LogP contribution in [0.3, 0.4) is 0 Å². The molecule has 244 valence electrons. The van der Waals surface area contributed by atoms with E-state index in [0.717, 1.165) is 29.1 Å². The van der Waals surface area contributed by atoms with Crippen LogP contribution < -0.4 is 20.7 Å². The molecule has 4 aromatic carbocycles. The highest BCUT2D eigenvalue weighted by Crippen LogP contribution is 2.22. The van der Waals surface area contributed by atoms with E-state index in [1.165, 1.54) is 10.4 Å². The summed E-state index contributed by atoms with van der Waals surface area (Å²) in [6.45, 7) is 18.7. The Balaban J connectivity index is 0.000000464. The molecule has 0 spiro atoms. The Morgan fingerprint density at radius 1 is 0.444 bits per heavy atom. The van der Waals surface area contributed by atoms with Crippen LogP contribution in [-0.4, -0.2) is 47.0 Å². The van der Waals surface area contributed by atoms with Crippen LogP contribution in [0.25, 0.3) is 0 Å². The first-order chi connectivity index (χ1) is 21.1. The van der Waals surface area contributed by atoms with Crippen molar-refractivity contribution in [2.75, 3.05) is 13.2 Å². The van der Waals surface area contributed by atoms with E-state index in [4.69, 9.17) is 17.1 Å². The summed E-state index contributed by atoms with van der Waals surface area (Å²) < 4.78 is 26.1. The van der Waals surface area contributed by atoms with Crippen molar-refractivity contribution in [3.8, 4) is 0 Å². The summed E-state index contributed by atoms with van der Waals surface area (Å²) in [4.78, 5) is 0. The highest BCUT2D eigenvalue weighted by Gasteiger charge is 2.51. The molecule has 0 bridgehead atoms. The SMILES string of the molecule is C.CCO[Si](C)(C)O[Si](C)(C)CC.CCO[Si](O[Si](CC)(c1ccccc1)c1ccccc1)(c1ccccc1)c1ccccc1. The second-order valence-electron chi connectivity index (χ2n) is 11.8. The van der Waals surface area contributed by atoms with E-state index in [0.29, 0.717) is 6.61 Å². The van der Waals surface area contributed by atoms with Crippen molar-refractivity contribution in [1.29, 1.82) is 0 Å². The minimum absolute atomic E-state index is 0. The van der Waals surface area contributed by atoms with E-state index in [1.54, 1.807) is 0 Å². The third-order valence-electron chi connectivity index (χ3n) is 7.82. The molecule has 0 unspecified atom stereocenters. The molecule has 8 heteroatoms. The predicted molar refractivity (Wildman–Crippen MR) is 204 cm³/mol. The molecule has 0 aliphatic rings. The maximum absolute atomic E-state index is 7.62. The zero-order chi connectivity index (χ0) is 32.1. The fraction of sp³-hybridized carbons (Fsp3) is 0.351. The van der Waals surface area contributed by atoms with Gasteiger partial charge < -0.3 is 17.1 Å². The maximum atomic E-state index is 7.62. The molecular formula is C37H56O4Si4. The molecule has 4 nitrogen and oxygen atoms in total. The van der Waals surface area contributed by atoms with Gasteiger partial charge in [0.25, 0.3) is 0 Å². The van der Waals surface area contributed by atoms with Crippen LogP contribution in [0, 0.1) is 0 Å². The van der Waals surface area contributed by atoms with Gasteiger partial charge in [-0.1, -0.05) is 143 Å². The molecule has 4 aromatic rings. The van der Waals surface area contributed by atoms with Crippen LogP contribution in [0.5, 0.6) is 0 Å². The summed E-state index contributed by atoms with van der Waals surface area (Å²) in [5.41, 5.74) is 0. The maximum Gasteiger partial charge on any atom is 0.397 e. The van der Waals surface area contributed by atoms with Gasteiger partial charge >= 0.3 is 17.1 Å². The van der Waals surface area contributed by atoms with Crippen molar-refractivity contribution in [2.24, 2.45) is 0 Å². The number of rotatable bonds is 14. The van der Waals surface area contributed by atoms with E-state index in [-0.39, 0.29) is 7.43 Å². The van der Waals surface area contributed by atoms with Crippen LogP contribution in [0.4, 0.5) is 0 Å². The zero-order valence-corrected chi connectivity index (χ0v) is 32.0. The Hall–Kier alpha value is -2.41. The highest BCUT2D eigenvalue weighted by atomic mass is 28.4. The molecule has 0 N–H and O–H groups in total. The van der Waals surface area contributed by atoms with Gasteiger partial charge in [0.2, 0.25) is 8.32 Å². The number of hydrogen-bond acceptors (Lipinski definition) is 4. The number of benzene rings is 4. The Morgan fingerprint density at radius 3 is 1.11 bits per heavy atom. The molecule has 0 aliphatic carbocycles. The van der Waals surface area contributed by atoms with Gasteiger partial charge in [-0.25, -0.2) is 0 Å². The van der Waals surface area contributed by atoms with Crippen LogP contribution in [0.2, 0.25) is 38.3 Å². The monoisotopic (exact) mass is 676 g/mol. The Bertz CT molecular complexity index is 1280. The van der Waals surface area contributed by atoms with E-state index in [9.17, 15) is 0 Å². The third-order valence-corrected chi connectivity index (χ3v) is 23.6. The Morgan fingerprint density at radius 2 is 0.800 bits per heavy atom. The molecule has 4 rings (SSSR count). The minimum atomic E-state index is -3.01. The lowest BCUT2D eigenvalue weighted by Gasteiger charge is -2.42. The standard InChI is InChI=1S/C28H30O2Si2.C8H22O2Si2.CH4/c1-3-29-32(27-21-13-7-14-22-27,28-23-15-8-16-24-28)30-31(4-2,25-17-9-5-10-18-25)26-19-11-6-12-20-26;1-7-9-12(5,6)10-11(3,4)8-2;/h5-24H,3-4H2,1-2H3;7-8H2,1-6H3;1H4. The lowest BCUT2D eigenvalue weighted by molar-refractivity contribution is 0.261. The Labute approximate surface area is 278 Å². The van der Waals surface area contributed by atoms with Gasteiger partial charge in [-0.3, -0.25) is 0 Å². The molecule has 0 aromatic heterocycles. The molecule has 0 fully saturated rings. The number of hydrogen-bond donors (Lipinski definition) is 0. The Kier molecular flexibility index (Phi) is 15.6. The third kappa shape index (κ3) is 10.3. The fourth-order valence-corrected chi connectivity index (χ4v) is 22.0. The molecule has 0 heterocycles. The van der Waals surface area contributed by atoms with Crippen molar-refractivity contribution < 1.29 is 17.1 Å². The second-order valence-corrected chi connectivity index (χ2v) is 27.0. The quantitative estimate of drug-likeness (QED) is 0.129. The van der Waals surface area contributed by atoms with Crippen LogP contribution >= 0.6 is 0 Å². The fourth-order valence-electron chi connectivity index (χ4n) is 5.54. The average molecular weight is 677 g/mol. The first-order valence-corrected chi connectivity index (χ1v) is 25.8. The van der Waals surface area contributed by atoms with Crippen molar-refractivity contribution in [3.63, 3.8) is 0 Å². The normalized spacial score (nSPS) is 12.1. The van der Waals surface area contributed by atoms with Gasteiger partial charge in [0, 0.05) is 13.2 Å². The van der Waals surface area contributed by atoms with Crippen molar-refractivity contribution in [1.82, 2.24) is 0 Å². The minimum Gasteiger partial charge on any atom is -0.436 e. The topological polar surface area (TPSA) is 36.9 Å². The second kappa shape index (κ2) is 18.1. The van der Waals surface area contributed by atoms with Gasteiger partial charge in [-0.2, -0.15) is 0 Å². The van der Waals surface area contributed by atoms with E-state index >= 15 is 0 Å². The van der Waals surface area contributed by atoms with Gasteiger partial charge in [0.15, 0.2) is 8.32 Å². The molecule has 0 radical (unpaired) electrons. The van der Waals surface area contributed by atoms with Crippen molar-refractivity contribution in [2.45, 2.75) is 73.4 Å². The van der Waals surface area contributed by atoms with E-state index in [2.05, 4.69) is 168 Å². The summed E-state index contributed by atoms with van der Waals surface area (Å²) in [6, 6.07) is 44.7. The average Bonchev–Trinajstić information content (AvgIpc) is 3.04. The van der Waals surface area contributed by atoms with E-state index < -0.39 is 33.8 Å². The first-order valence-electron chi connectivity index (χ1n) is 16.0. The largest absolute Gasteiger partial charge is 0.436 e. The molecular weight excluding hydrogens is 621 g/mol. The molecule has 0 aliphatic heterocycles. The smallest absolute Gasteiger partial charge is 0.397 e. The van der Waals surface area contributed by atoms with Gasteiger partial charge in [0.1, 0.15) is 0 Å². The van der Waals surface area contributed by atoms with E-state index in [1.807, 2.05) is 6.92 Å². The summed E-state index contributed by atoms with van der Waals surface area (Å²) in [5.74, 6) is 0. The molecule has 0 atom stereocenters. The lowest BCUT2D eigenvalue weighted by atomic mass is 10.4. The van der Waals surface area contributed by atoms with Crippen molar-refractivity contribution in [3.05, 3.63) is 121 Å². The highest BCUT2D eigenvalue weighted by molar-refractivity contribution is 7.07. The zero-order valence-electron chi connectivity index (χ0n) is 28.0. The molecule has 0 saturated carbocycles. The summed E-state index contributed by atoms with van der Waals surface area (Å²) in [7, 11) is -8.84. The summed E-state index contributed by atoms with van der Waals surface area (Å²) in [5, 5.41) is 4.84. The first kappa shape index (κ1) is 38.8. The van der Waals surface area contributed by atoms with Crippen LogP contribution in [0.15, 0.2) is 121 Å². The van der Waals surface area contributed by atoms with Gasteiger partial charge in [-0.05, 0) is 72.9 Å². The molecule has 45 heavy (non-hydrogen) atoms. The van der Waals surface area contributed by atoms with Crippen LogP contribution in [0.1, 0.15) is 35.1 Å². The van der Waals surface area contributed by atoms with Crippen molar-refractivity contribution >= 4 is 54.5 Å². The van der Waals surface area contributed by atoms with Gasteiger partial charge in [-0.15, -0.1) is 0 Å². The lowest BCUT2D eigenvalue weighted by Crippen LogP contribution is -2.74. The summed E-state index contributed by atoms with van der Waals surface area (Å²) >= 11 is 0. The molecule has 0 amide bonds.